The molecule has 1 aliphatic rings. The van der Waals surface area contributed by atoms with Crippen LogP contribution >= 0.6 is 0 Å². The third kappa shape index (κ3) is 3.14. The van der Waals surface area contributed by atoms with Crippen molar-refractivity contribution in [2.75, 3.05) is 18.0 Å². The van der Waals surface area contributed by atoms with Gasteiger partial charge in [0.2, 0.25) is 0 Å². The van der Waals surface area contributed by atoms with Crippen molar-refractivity contribution >= 4 is 5.69 Å². The van der Waals surface area contributed by atoms with Crippen LogP contribution in [-0.4, -0.2) is 25.2 Å². The fourth-order valence-electron chi connectivity index (χ4n) is 3.15. The van der Waals surface area contributed by atoms with E-state index in [1.807, 2.05) is 19.1 Å². The van der Waals surface area contributed by atoms with Crippen LogP contribution in [0.4, 0.5) is 10.1 Å². The molecule has 1 fully saturated rings. The van der Waals surface area contributed by atoms with Gasteiger partial charge >= 0.3 is 0 Å². The van der Waals surface area contributed by atoms with E-state index in [9.17, 15) is 4.39 Å². The van der Waals surface area contributed by atoms with Crippen LogP contribution < -0.4 is 10.2 Å². The fourth-order valence-corrected chi connectivity index (χ4v) is 3.15. The van der Waals surface area contributed by atoms with Crippen LogP contribution in [0.3, 0.4) is 0 Å². The maximum atomic E-state index is 13.4. The molecule has 3 heteroatoms. The quantitative estimate of drug-likeness (QED) is 0.902. The van der Waals surface area contributed by atoms with E-state index in [-0.39, 0.29) is 5.82 Å². The molecule has 0 radical (unpaired) electrons. The minimum absolute atomic E-state index is 0.117. The Morgan fingerprint density at radius 1 is 1.35 bits per heavy atom. The SMILES string of the molecule is CCCNC1CCN(c2ccc(F)c(C)c2)C(C)C1C. The van der Waals surface area contributed by atoms with Gasteiger partial charge < -0.3 is 10.2 Å². The molecule has 0 bridgehead atoms. The number of aryl methyl sites for hydroxylation is 1. The zero-order valence-electron chi connectivity index (χ0n) is 13.1. The van der Waals surface area contributed by atoms with Crippen molar-refractivity contribution in [3.63, 3.8) is 0 Å². The molecule has 1 N–H and O–H groups in total. The minimum Gasteiger partial charge on any atom is -0.368 e. The van der Waals surface area contributed by atoms with E-state index in [1.165, 1.54) is 6.42 Å². The third-order valence-electron chi connectivity index (χ3n) is 4.70. The molecule has 1 aromatic carbocycles. The van der Waals surface area contributed by atoms with Crippen molar-refractivity contribution in [1.29, 1.82) is 0 Å². The van der Waals surface area contributed by atoms with Gasteiger partial charge in [-0.25, -0.2) is 4.39 Å². The number of halogens is 1. The van der Waals surface area contributed by atoms with Gasteiger partial charge in [0.15, 0.2) is 0 Å². The number of anilines is 1. The van der Waals surface area contributed by atoms with Crippen molar-refractivity contribution in [3.8, 4) is 0 Å². The molecule has 2 nitrogen and oxygen atoms in total. The molecule has 0 amide bonds. The van der Waals surface area contributed by atoms with Gasteiger partial charge in [0.25, 0.3) is 0 Å². The molecule has 0 aliphatic carbocycles. The molecule has 0 saturated carbocycles. The van der Waals surface area contributed by atoms with Crippen LogP contribution in [0.1, 0.15) is 39.2 Å². The first-order chi connectivity index (χ1) is 9.54. The van der Waals surface area contributed by atoms with Gasteiger partial charge in [-0.2, -0.15) is 0 Å². The van der Waals surface area contributed by atoms with Gasteiger partial charge in [-0.3, -0.25) is 0 Å². The van der Waals surface area contributed by atoms with Gasteiger partial charge in [-0.1, -0.05) is 13.8 Å². The standard InChI is InChI=1S/C17H27FN2/c1-5-9-19-17-8-10-20(14(4)13(17)3)15-6-7-16(18)12(2)11-15/h6-7,11,13-14,17,19H,5,8-10H2,1-4H3. The van der Waals surface area contributed by atoms with Crippen LogP contribution in [0.15, 0.2) is 18.2 Å². The van der Waals surface area contributed by atoms with E-state index in [0.717, 1.165) is 30.8 Å². The Morgan fingerprint density at radius 3 is 2.75 bits per heavy atom. The molecular weight excluding hydrogens is 251 g/mol. The smallest absolute Gasteiger partial charge is 0.126 e. The predicted molar refractivity (Wildman–Crippen MR) is 83.8 cm³/mol. The molecule has 1 aromatic rings. The van der Waals surface area contributed by atoms with Crippen molar-refractivity contribution in [1.82, 2.24) is 5.32 Å². The lowest BCUT2D eigenvalue weighted by Gasteiger charge is -2.44. The highest BCUT2D eigenvalue weighted by Crippen LogP contribution is 2.29. The van der Waals surface area contributed by atoms with Crippen molar-refractivity contribution in [3.05, 3.63) is 29.6 Å². The highest BCUT2D eigenvalue weighted by molar-refractivity contribution is 5.50. The Balaban J connectivity index is 2.09. The van der Waals surface area contributed by atoms with Crippen LogP contribution in [-0.2, 0) is 0 Å². The molecule has 112 valence electrons. The summed E-state index contributed by atoms with van der Waals surface area (Å²) < 4.78 is 13.4. The van der Waals surface area contributed by atoms with E-state index in [1.54, 1.807) is 6.07 Å². The second-order valence-electron chi connectivity index (χ2n) is 6.08. The van der Waals surface area contributed by atoms with Gasteiger partial charge in [0.05, 0.1) is 0 Å². The summed E-state index contributed by atoms with van der Waals surface area (Å²) in [5.74, 6) is 0.481. The maximum Gasteiger partial charge on any atom is 0.126 e. The molecule has 3 atom stereocenters. The van der Waals surface area contributed by atoms with Gasteiger partial charge in [-0.15, -0.1) is 0 Å². The second-order valence-corrected chi connectivity index (χ2v) is 6.08. The Morgan fingerprint density at radius 2 is 2.10 bits per heavy atom. The number of benzene rings is 1. The van der Waals surface area contributed by atoms with Gasteiger partial charge in [-0.05, 0) is 62.9 Å². The van der Waals surface area contributed by atoms with Gasteiger partial charge in [0.1, 0.15) is 5.82 Å². The second kappa shape index (κ2) is 6.57. The first kappa shape index (κ1) is 15.3. The highest BCUT2D eigenvalue weighted by atomic mass is 19.1. The summed E-state index contributed by atoms with van der Waals surface area (Å²) in [6.45, 7) is 10.8. The van der Waals surface area contributed by atoms with E-state index < -0.39 is 0 Å². The molecule has 1 saturated heterocycles. The number of hydrogen-bond acceptors (Lipinski definition) is 2. The monoisotopic (exact) mass is 278 g/mol. The van der Waals surface area contributed by atoms with Crippen LogP contribution in [0.5, 0.6) is 0 Å². The lowest BCUT2D eigenvalue weighted by molar-refractivity contribution is 0.271. The number of nitrogens with zero attached hydrogens (tertiary/aromatic N) is 1. The Hall–Kier alpha value is -1.09. The molecular formula is C17H27FN2. The molecule has 20 heavy (non-hydrogen) atoms. The average Bonchev–Trinajstić information content (AvgIpc) is 2.44. The highest BCUT2D eigenvalue weighted by Gasteiger charge is 2.32. The summed E-state index contributed by atoms with van der Waals surface area (Å²) in [5.41, 5.74) is 1.88. The Kier molecular flexibility index (Phi) is 5.03. The number of piperidine rings is 1. The van der Waals surface area contributed by atoms with E-state index >= 15 is 0 Å². The molecule has 3 unspecified atom stereocenters. The molecule has 0 spiro atoms. The first-order valence-corrected chi connectivity index (χ1v) is 7.80. The van der Waals surface area contributed by atoms with Crippen LogP contribution in [0.2, 0.25) is 0 Å². The topological polar surface area (TPSA) is 15.3 Å². The molecule has 1 heterocycles. The number of nitrogens with one attached hydrogen (secondary N) is 1. The van der Waals surface area contributed by atoms with Crippen LogP contribution in [0.25, 0.3) is 0 Å². The molecule has 1 aliphatic heterocycles. The lowest BCUT2D eigenvalue weighted by Crippen LogP contribution is -2.53. The van der Waals surface area contributed by atoms with E-state index in [0.29, 0.717) is 18.0 Å². The number of rotatable bonds is 4. The van der Waals surface area contributed by atoms with Crippen molar-refractivity contribution in [2.45, 2.75) is 52.6 Å². The van der Waals surface area contributed by atoms with E-state index in [2.05, 4.69) is 31.0 Å². The zero-order valence-corrected chi connectivity index (χ0v) is 13.1. The normalized spacial score (nSPS) is 26.9. The first-order valence-electron chi connectivity index (χ1n) is 7.80. The fraction of sp³-hybridized carbons (Fsp3) is 0.647. The predicted octanol–water partition coefficient (Wildman–Crippen LogP) is 3.74. The maximum absolute atomic E-state index is 13.4. The largest absolute Gasteiger partial charge is 0.368 e. The Bertz CT molecular complexity index is 447. The average molecular weight is 278 g/mol. The van der Waals surface area contributed by atoms with Crippen LogP contribution in [0, 0.1) is 18.7 Å². The Labute approximate surface area is 122 Å². The minimum atomic E-state index is -0.117. The zero-order chi connectivity index (χ0) is 14.7. The summed E-state index contributed by atoms with van der Waals surface area (Å²) in [6, 6.07) is 6.54. The summed E-state index contributed by atoms with van der Waals surface area (Å²) in [5, 5.41) is 3.66. The summed E-state index contributed by atoms with van der Waals surface area (Å²) >= 11 is 0. The summed E-state index contributed by atoms with van der Waals surface area (Å²) in [6.07, 6.45) is 2.33. The van der Waals surface area contributed by atoms with Crippen molar-refractivity contribution in [2.24, 2.45) is 5.92 Å². The number of hydrogen-bond donors (Lipinski definition) is 1. The third-order valence-corrected chi connectivity index (χ3v) is 4.70. The van der Waals surface area contributed by atoms with Gasteiger partial charge in [0, 0.05) is 24.3 Å². The lowest BCUT2D eigenvalue weighted by atomic mass is 9.86. The molecule has 2 rings (SSSR count). The van der Waals surface area contributed by atoms with Crippen molar-refractivity contribution < 1.29 is 4.39 Å². The molecule has 0 aromatic heterocycles. The summed E-state index contributed by atoms with van der Waals surface area (Å²) in [4.78, 5) is 2.42. The van der Waals surface area contributed by atoms with E-state index in [4.69, 9.17) is 0 Å². The summed E-state index contributed by atoms with van der Waals surface area (Å²) in [7, 11) is 0.